The fourth-order valence-electron chi connectivity index (χ4n) is 2.00. The first-order valence-corrected chi connectivity index (χ1v) is 8.10. The fourth-order valence-corrected chi connectivity index (χ4v) is 2.00. The highest BCUT2D eigenvalue weighted by atomic mass is 127. The molecule has 8 heteroatoms. The van der Waals surface area contributed by atoms with E-state index < -0.39 is 0 Å². The van der Waals surface area contributed by atoms with Gasteiger partial charge in [0.05, 0.1) is 13.2 Å². The Bertz CT molecular complexity index is 683. The third kappa shape index (κ3) is 7.96. The summed E-state index contributed by atoms with van der Waals surface area (Å²) in [6, 6.07) is 9.56. The Morgan fingerprint density at radius 2 is 2.08 bits per heavy atom. The van der Waals surface area contributed by atoms with E-state index in [-0.39, 0.29) is 29.8 Å². The van der Waals surface area contributed by atoms with Gasteiger partial charge < -0.3 is 20.1 Å². The SMILES string of the molecule is CCNC(=NCc1ccc(Oc2cccc(F)c2)nc1)NCCOC.I. The minimum absolute atomic E-state index is 0. The van der Waals surface area contributed by atoms with E-state index in [0.717, 1.165) is 18.1 Å². The van der Waals surface area contributed by atoms with Crippen LogP contribution >= 0.6 is 24.0 Å². The molecule has 0 fully saturated rings. The second-order valence-electron chi connectivity index (χ2n) is 5.18. The van der Waals surface area contributed by atoms with Gasteiger partial charge in [-0.1, -0.05) is 12.1 Å². The van der Waals surface area contributed by atoms with Gasteiger partial charge in [-0.2, -0.15) is 0 Å². The van der Waals surface area contributed by atoms with Gasteiger partial charge in [0, 0.05) is 38.5 Å². The van der Waals surface area contributed by atoms with Crippen molar-refractivity contribution in [1.29, 1.82) is 0 Å². The van der Waals surface area contributed by atoms with Crippen LogP contribution in [0.4, 0.5) is 4.39 Å². The predicted molar refractivity (Wildman–Crippen MR) is 111 cm³/mol. The van der Waals surface area contributed by atoms with E-state index in [2.05, 4.69) is 20.6 Å². The summed E-state index contributed by atoms with van der Waals surface area (Å²) < 4.78 is 23.7. The molecule has 1 aromatic carbocycles. The number of methoxy groups -OCH3 is 1. The van der Waals surface area contributed by atoms with E-state index in [1.54, 1.807) is 31.5 Å². The largest absolute Gasteiger partial charge is 0.439 e. The molecule has 142 valence electrons. The maximum absolute atomic E-state index is 13.1. The molecular formula is C18H24FIN4O2. The molecule has 6 nitrogen and oxygen atoms in total. The van der Waals surface area contributed by atoms with Gasteiger partial charge in [0.1, 0.15) is 11.6 Å². The number of benzene rings is 1. The Kier molecular flexibility index (Phi) is 10.6. The van der Waals surface area contributed by atoms with Crippen molar-refractivity contribution < 1.29 is 13.9 Å². The molecule has 2 rings (SSSR count). The number of aromatic nitrogens is 1. The average molecular weight is 474 g/mol. The lowest BCUT2D eigenvalue weighted by Crippen LogP contribution is -2.38. The highest BCUT2D eigenvalue weighted by molar-refractivity contribution is 14.0. The monoisotopic (exact) mass is 474 g/mol. The molecule has 0 saturated heterocycles. The molecule has 2 aromatic rings. The molecule has 0 saturated carbocycles. The lowest BCUT2D eigenvalue weighted by atomic mass is 10.3. The zero-order chi connectivity index (χ0) is 17.9. The number of ether oxygens (including phenoxy) is 2. The number of pyridine rings is 1. The lowest BCUT2D eigenvalue weighted by Gasteiger charge is -2.10. The molecule has 0 aliphatic heterocycles. The van der Waals surface area contributed by atoms with Crippen LogP contribution in [0.1, 0.15) is 12.5 Å². The van der Waals surface area contributed by atoms with Crippen molar-refractivity contribution in [1.82, 2.24) is 15.6 Å². The molecule has 0 spiro atoms. The first kappa shape index (κ1) is 22.1. The summed E-state index contributed by atoms with van der Waals surface area (Å²) >= 11 is 0. The van der Waals surface area contributed by atoms with Crippen LogP contribution < -0.4 is 15.4 Å². The van der Waals surface area contributed by atoms with Gasteiger partial charge in [0.2, 0.25) is 5.88 Å². The summed E-state index contributed by atoms with van der Waals surface area (Å²) in [7, 11) is 1.66. The maximum Gasteiger partial charge on any atom is 0.219 e. The molecule has 1 heterocycles. The minimum Gasteiger partial charge on any atom is -0.439 e. The summed E-state index contributed by atoms with van der Waals surface area (Å²) in [5.41, 5.74) is 0.940. The summed E-state index contributed by atoms with van der Waals surface area (Å²) in [6.45, 7) is 4.56. The highest BCUT2D eigenvalue weighted by Crippen LogP contribution is 2.20. The summed E-state index contributed by atoms with van der Waals surface area (Å²) in [5.74, 6) is 1.19. The van der Waals surface area contributed by atoms with Crippen LogP contribution in [-0.4, -0.2) is 37.7 Å². The Balaban J connectivity index is 0.00000338. The second-order valence-corrected chi connectivity index (χ2v) is 5.18. The average Bonchev–Trinajstić information content (AvgIpc) is 2.61. The second kappa shape index (κ2) is 12.4. The van der Waals surface area contributed by atoms with Gasteiger partial charge in [0.15, 0.2) is 5.96 Å². The fraction of sp³-hybridized carbons (Fsp3) is 0.333. The van der Waals surface area contributed by atoms with E-state index in [1.807, 2.05) is 13.0 Å². The number of hydrogen-bond acceptors (Lipinski definition) is 4. The van der Waals surface area contributed by atoms with Gasteiger partial charge in [-0.25, -0.2) is 14.4 Å². The Hall–Kier alpha value is -1.94. The molecule has 0 aliphatic rings. The van der Waals surface area contributed by atoms with Gasteiger partial charge in [-0.15, -0.1) is 24.0 Å². The number of hydrogen-bond donors (Lipinski definition) is 2. The molecular weight excluding hydrogens is 450 g/mol. The molecule has 0 bridgehead atoms. The van der Waals surface area contributed by atoms with E-state index >= 15 is 0 Å². The van der Waals surface area contributed by atoms with Crippen LogP contribution in [0, 0.1) is 5.82 Å². The third-order valence-electron chi connectivity index (χ3n) is 3.18. The first-order valence-electron chi connectivity index (χ1n) is 8.10. The zero-order valence-electron chi connectivity index (χ0n) is 14.9. The van der Waals surface area contributed by atoms with Crippen LogP contribution in [0.5, 0.6) is 11.6 Å². The number of guanidine groups is 1. The van der Waals surface area contributed by atoms with Crippen molar-refractivity contribution in [2.75, 3.05) is 26.8 Å². The van der Waals surface area contributed by atoms with Crippen molar-refractivity contribution in [3.63, 3.8) is 0 Å². The zero-order valence-corrected chi connectivity index (χ0v) is 17.2. The van der Waals surface area contributed by atoms with Gasteiger partial charge in [-0.05, 0) is 24.6 Å². The van der Waals surface area contributed by atoms with E-state index in [1.165, 1.54) is 12.1 Å². The van der Waals surface area contributed by atoms with Crippen LogP contribution in [0.15, 0.2) is 47.6 Å². The Morgan fingerprint density at radius 1 is 1.23 bits per heavy atom. The summed E-state index contributed by atoms with van der Waals surface area (Å²) in [6.07, 6.45) is 1.69. The number of rotatable bonds is 8. The molecule has 1 aromatic heterocycles. The number of nitrogens with zero attached hydrogens (tertiary/aromatic N) is 2. The Labute approximate surface area is 170 Å². The molecule has 0 aliphatic carbocycles. The third-order valence-corrected chi connectivity index (χ3v) is 3.18. The van der Waals surface area contributed by atoms with Gasteiger partial charge in [0.25, 0.3) is 0 Å². The first-order chi connectivity index (χ1) is 12.2. The molecule has 0 radical (unpaired) electrons. The Morgan fingerprint density at radius 3 is 2.73 bits per heavy atom. The van der Waals surface area contributed by atoms with Gasteiger partial charge in [-0.3, -0.25) is 0 Å². The minimum atomic E-state index is -0.347. The van der Waals surface area contributed by atoms with Crippen molar-refractivity contribution >= 4 is 29.9 Å². The predicted octanol–water partition coefficient (Wildman–Crippen LogP) is 3.33. The molecule has 0 atom stereocenters. The highest BCUT2D eigenvalue weighted by Gasteiger charge is 2.02. The van der Waals surface area contributed by atoms with E-state index in [4.69, 9.17) is 9.47 Å². The summed E-state index contributed by atoms with van der Waals surface area (Å²) in [5, 5.41) is 6.34. The van der Waals surface area contributed by atoms with Crippen molar-refractivity contribution in [2.45, 2.75) is 13.5 Å². The van der Waals surface area contributed by atoms with Crippen molar-refractivity contribution in [3.8, 4) is 11.6 Å². The van der Waals surface area contributed by atoms with Crippen LogP contribution in [0.25, 0.3) is 0 Å². The molecule has 0 amide bonds. The summed E-state index contributed by atoms with van der Waals surface area (Å²) in [4.78, 5) is 8.72. The van der Waals surface area contributed by atoms with E-state index in [0.29, 0.717) is 31.3 Å². The lowest BCUT2D eigenvalue weighted by molar-refractivity contribution is 0.203. The standard InChI is InChI=1S/C18H23FN4O2.HI/c1-3-20-18(21-9-10-24-2)23-13-14-7-8-17(22-12-14)25-16-6-4-5-15(19)11-16;/h4-8,11-12H,3,9-10,13H2,1-2H3,(H2,20,21,23);1H. The quantitative estimate of drug-likeness (QED) is 0.266. The van der Waals surface area contributed by atoms with E-state index in [9.17, 15) is 4.39 Å². The van der Waals surface area contributed by atoms with Gasteiger partial charge >= 0.3 is 0 Å². The molecule has 0 unspecified atom stereocenters. The molecule has 26 heavy (non-hydrogen) atoms. The number of halogens is 2. The molecule has 2 N–H and O–H groups in total. The van der Waals surface area contributed by atoms with Crippen LogP contribution in [0.2, 0.25) is 0 Å². The maximum atomic E-state index is 13.1. The number of aliphatic imine (C=N–C) groups is 1. The smallest absolute Gasteiger partial charge is 0.219 e. The van der Waals surface area contributed by atoms with Crippen molar-refractivity contribution in [2.24, 2.45) is 4.99 Å². The number of nitrogens with one attached hydrogen (secondary N) is 2. The normalized spacial score (nSPS) is 10.8. The topological polar surface area (TPSA) is 67.8 Å². The van der Waals surface area contributed by atoms with Crippen LogP contribution in [-0.2, 0) is 11.3 Å². The van der Waals surface area contributed by atoms with Crippen molar-refractivity contribution in [3.05, 3.63) is 54.0 Å². The van der Waals surface area contributed by atoms with Crippen LogP contribution in [0.3, 0.4) is 0 Å².